The van der Waals surface area contributed by atoms with Crippen LogP contribution in [0, 0.1) is 23.7 Å². The third-order valence-corrected chi connectivity index (χ3v) is 5.42. The summed E-state index contributed by atoms with van der Waals surface area (Å²) < 4.78 is 5.35. The van der Waals surface area contributed by atoms with Gasteiger partial charge in [0.25, 0.3) is 0 Å². The van der Waals surface area contributed by atoms with Crippen LogP contribution in [-0.2, 0) is 0 Å². The largest absolute Gasteiger partial charge is 0.497 e. The zero-order valence-corrected chi connectivity index (χ0v) is 9.26. The Morgan fingerprint density at radius 2 is 1.81 bits per heavy atom. The van der Waals surface area contributed by atoms with Crippen LogP contribution in [0.25, 0.3) is 0 Å². The molecule has 80 valence electrons. The number of ether oxygens (including phenoxy) is 1. The van der Waals surface area contributed by atoms with E-state index in [2.05, 4.69) is 30.4 Å². The highest BCUT2D eigenvalue weighted by Crippen LogP contribution is 2.80. The highest BCUT2D eigenvalue weighted by atomic mass is 16.5. The minimum absolute atomic E-state index is 0.853. The third-order valence-electron chi connectivity index (χ3n) is 5.42. The molecule has 0 unspecified atom stereocenters. The molecule has 1 aromatic carbocycles. The number of hydrogen-bond donors (Lipinski definition) is 0. The Kier molecular flexibility index (Phi) is 1.10. The molecular formula is C15H14O. The Morgan fingerprint density at radius 1 is 0.938 bits per heavy atom. The number of allylic oxidation sites excluding steroid dienone is 2. The van der Waals surface area contributed by atoms with Gasteiger partial charge in [-0.05, 0) is 58.8 Å². The molecule has 0 spiro atoms. The fourth-order valence-corrected chi connectivity index (χ4v) is 4.79. The molecule has 0 radical (unpaired) electrons. The molecule has 1 nitrogen and oxygen atoms in total. The maximum Gasteiger partial charge on any atom is 0.119 e. The van der Waals surface area contributed by atoms with Gasteiger partial charge in [-0.1, -0.05) is 18.2 Å². The van der Waals surface area contributed by atoms with Gasteiger partial charge >= 0.3 is 0 Å². The lowest BCUT2D eigenvalue weighted by molar-refractivity contribution is 0.398. The first-order valence-electron chi connectivity index (χ1n) is 6.26. The van der Waals surface area contributed by atoms with E-state index in [-0.39, 0.29) is 0 Å². The van der Waals surface area contributed by atoms with Crippen LogP contribution in [0.3, 0.4) is 0 Å². The van der Waals surface area contributed by atoms with Crippen molar-refractivity contribution >= 4 is 0 Å². The van der Waals surface area contributed by atoms with Crippen molar-refractivity contribution in [3.8, 4) is 5.75 Å². The van der Waals surface area contributed by atoms with E-state index in [0.717, 1.165) is 41.3 Å². The first-order chi connectivity index (χ1) is 7.90. The highest BCUT2D eigenvalue weighted by molar-refractivity contribution is 5.55. The second kappa shape index (κ2) is 2.22. The van der Waals surface area contributed by atoms with Crippen molar-refractivity contribution in [2.24, 2.45) is 23.7 Å². The van der Waals surface area contributed by atoms with Crippen molar-refractivity contribution < 1.29 is 4.74 Å². The first-order valence-corrected chi connectivity index (χ1v) is 6.26. The lowest BCUT2D eigenvalue weighted by atomic mass is 9.76. The van der Waals surface area contributed by atoms with Crippen molar-refractivity contribution in [3.63, 3.8) is 0 Å². The molecule has 0 saturated heterocycles. The summed E-state index contributed by atoms with van der Waals surface area (Å²) in [5.41, 5.74) is 3.24. The Balaban J connectivity index is 1.71. The quantitative estimate of drug-likeness (QED) is 0.647. The van der Waals surface area contributed by atoms with Gasteiger partial charge in [0.2, 0.25) is 0 Å². The summed E-state index contributed by atoms with van der Waals surface area (Å²) in [6.45, 7) is 0. The molecule has 2 fully saturated rings. The summed E-state index contributed by atoms with van der Waals surface area (Å²) in [6.07, 6.45) is 4.89. The van der Waals surface area contributed by atoms with Gasteiger partial charge in [-0.15, -0.1) is 0 Å². The zero-order chi connectivity index (χ0) is 10.4. The van der Waals surface area contributed by atoms with E-state index < -0.39 is 0 Å². The van der Waals surface area contributed by atoms with Gasteiger partial charge < -0.3 is 4.74 Å². The molecule has 0 aliphatic heterocycles. The summed E-state index contributed by atoms with van der Waals surface area (Å²) in [4.78, 5) is 0. The van der Waals surface area contributed by atoms with E-state index in [0.29, 0.717) is 0 Å². The van der Waals surface area contributed by atoms with Crippen LogP contribution in [0.15, 0.2) is 30.4 Å². The van der Waals surface area contributed by atoms with E-state index in [9.17, 15) is 0 Å². The summed E-state index contributed by atoms with van der Waals surface area (Å²) in [7, 11) is 1.76. The molecule has 1 heteroatoms. The lowest BCUT2D eigenvalue weighted by Gasteiger charge is -2.28. The van der Waals surface area contributed by atoms with Gasteiger partial charge in [-0.3, -0.25) is 0 Å². The van der Waals surface area contributed by atoms with E-state index in [4.69, 9.17) is 4.74 Å². The average Bonchev–Trinajstić information content (AvgIpc) is 2.82. The van der Waals surface area contributed by atoms with Gasteiger partial charge in [0.05, 0.1) is 7.11 Å². The van der Waals surface area contributed by atoms with E-state index in [1.165, 1.54) is 0 Å². The first kappa shape index (κ1) is 7.94. The molecule has 0 N–H and O–H groups in total. The summed E-state index contributed by atoms with van der Waals surface area (Å²) in [5, 5.41) is 0. The van der Waals surface area contributed by atoms with E-state index in [1.807, 2.05) is 0 Å². The van der Waals surface area contributed by atoms with Crippen LogP contribution in [0.5, 0.6) is 5.75 Å². The Labute approximate surface area is 95.1 Å². The van der Waals surface area contributed by atoms with E-state index in [1.54, 1.807) is 18.2 Å². The number of hydrogen-bond acceptors (Lipinski definition) is 1. The van der Waals surface area contributed by atoms with Crippen molar-refractivity contribution in [3.05, 3.63) is 41.5 Å². The van der Waals surface area contributed by atoms with Crippen LogP contribution in [0.4, 0.5) is 0 Å². The number of methoxy groups -OCH3 is 1. The van der Waals surface area contributed by atoms with Crippen LogP contribution >= 0.6 is 0 Å². The molecule has 0 aromatic heterocycles. The number of rotatable bonds is 1. The summed E-state index contributed by atoms with van der Waals surface area (Å²) >= 11 is 0. The molecule has 0 heterocycles. The zero-order valence-electron chi connectivity index (χ0n) is 9.26. The van der Waals surface area contributed by atoms with Crippen molar-refractivity contribution in [1.29, 1.82) is 0 Å². The topological polar surface area (TPSA) is 9.23 Å². The van der Waals surface area contributed by atoms with E-state index >= 15 is 0 Å². The van der Waals surface area contributed by atoms with Crippen LogP contribution in [0.2, 0.25) is 0 Å². The molecule has 6 atom stereocenters. The van der Waals surface area contributed by atoms with Crippen LogP contribution < -0.4 is 4.74 Å². The fraction of sp³-hybridized carbons (Fsp3) is 0.467. The Bertz CT molecular complexity index is 530. The smallest absolute Gasteiger partial charge is 0.119 e. The highest BCUT2D eigenvalue weighted by Gasteiger charge is 2.71. The predicted octanol–water partition coefficient (Wildman–Crippen LogP) is 2.94. The van der Waals surface area contributed by atoms with Gasteiger partial charge in [0.1, 0.15) is 5.75 Å². The molecule has 0 bridgehead atoms. The maximum atomic E-state index is 5.35. The van der Waals surface area contributed by atoms with Gasteiger partial charge in [0, 0.05) is 0 Å². The van der Waals surface area contributed by atoms with Crippen molar-refractivity contribution in [1.82, 2.24) is 0 Å². The summed E-state index contributed by atoms with van der Waals surface area (Å²) in [6, 6.07) is 6.74. The Hall–Kier alpha value is -1.24. The second-order valence-electron chi connectivity index (χ2n) is 5.74. The molecule has 16 heavy (non-hydrogen) atoms. The lowest BCUT2D eigenvalue weighted by Crippen LogP contribution is -2.20. The van der Waals surface area contributed by atoms with Crippen molar-refractivity contribution in [2.45, 2.75) is 11.8 Å². The molecule has 1 aromatic rings. The Morgan fingerprint density at radius 3 is 2.56 bits per heavy atom. The van der Waals surface area contributed by atoms with Gasteiger partial charge in [-0.25, -0.2) is 0 Å². The molecule has 4 aliphatic rings. The van der Waals surface area contributed by atoms with Crippen LogP contribution in [-0.4, -0.2) is 7.11 Å². The molecule has 5 rings (SSSR count). The fourth-order valence-electron chi connectivity index (χ4n) is 4.79. The summed E-state index contributed by atoms with van der Waals surface area (Å²) in [5.74, 6) is 6.52. The minimum atomic E-state index is 0.853. The maximum absolute atomic E-state index is 5.35. The van der Waals surface area contributed by atoms with Gasteiger partial charge in [0.15, 0.2) is 0 Å². The van der Waals surface area contributed by atoms with Crippen LogP contribution in [0.1, 0.15) is 23.0 Å². The van der Waals surface area contributed by atoms with Crippen molar-refractivity contribution in [2.75, 3.05) is 7.11 Å². The average molecular weight is 210 g/mol. The second-order valence-corrected chi connectivity index (χ2v) is 5.74. The van der Waals surface area contributed by atoms with Gasteiger partial charge in [-0.2, -0.15) is 0 Å². The predicted molar refractivity (Wildman–Crippen MR) is 61.6 cm³/mol. The SMILES string of the molecule is COc1ccc2c(c1)[C@H]1[C@@H]3[C@H]2[C@H]2C=C[C@H]2[C@@H]13. The standard InChI is InChI=1S/C15H14O/c1-16-7-2-3-10-11(6-7)14-13-9-5-4-8(9)12(10)15(13)14/h2-6,8-9,12-15H,1H3/t8-,9+,12-,13-,14+,15+/m0/s1. The third kappa shape index (κ3) is 0.634. The minimum Gasteiger partial charge on any atom is -0.497 e. The molecular weight excluding hydrogens is 196 g/mol. The number of benzene rings is 1. The molecule has 4 aliphatic carbocycles. The normalized spacial score (nSPS) is 48.1. The number of fused-ring (bicyclic) bond motifs is 7. The molecule has 0 amide bonds. The molecule has 2 saturated carbocycles. The monoisotopic (exact) mass is 210 g/mol.